The van der Waals surface area contributed by atoms with Crippen molar-refractivity contribution in [2.75, 3.05) is 31.2 Å². The first-order valence-corrected chi connectivity index (χ1v) is 6.62. The molecule has 1 aromatic carbocycles. The van der Waals surface area contributed by atoms with Crippen LogP contribution in [0.2, 0.25) is 5.02 Å². The van der Waals surface area contributed by atoms with E-state index in [1.807, 2.05) is 17.0 Å². The fourth-order valence-corrected chi connectivity index (χ4v) is 2.26. The van der Waals surface area contributed by atoms with Gasteiger partial charge in [0.25, 0.3) is 0 Å². The predicted molar refractivity (Wildman–Crippen MR) is 74.1 cm³/mol. The highest BCUT2D eigenvalue weighted by molar-refractivity contribution is 6.30. The molecule has 2 heterocycles. The summed E-state index contributed by atoms with van der Waals surface area (Å²) < 4.78 is 5.30. The summed E-state index contributed by atoms with van der Waals surface area (Å²) in [5.74, 6) is 0.593. The number of benzene rings is 1. The third kappa shape index (κ3) is 2.46. The van der Waals surface area contributed by atoms with Crippen LogP contribution in [0.25, 0.3) is 5.69 Å². The van der Waals surface area contributed by atoms with Crippen LogP contribution in [-0.4, -0.2) is 41.3 Å². The number of aromatic nitrogens is 3. The predicted octanol–water partition coefficient (Wildman–Crippen LogP) is 1.63. The second-order valence-electron chi connectivity index (χ2n) is 4.35. The normalized spacial score (nSPS) is 15.1. The molecule has 2 aromatic rings. The Kier molecular flexibility index (Phi) is 3.54. The highest BCUT2D eigenvalue weighted by Gasteiger charge is 2.20. The Morgan fingerprint density at radius 1 is 1.25 bits per heavy atom. The Morgan fingerprint density at radius 3 is 2.75 bits per heavy atom. The maximum absolute atomic E-state index is 9.21. The lowest BCUT2D eigenvalue weighted by Gasteiger charge is -2.26. The molecule has 0 atom stereocenters. The van der Waals surface area contributed by atoms with Gasteiger partial charge in [0.1, 0.15) is 6.07 Å². The van der Waals surface area contributed by atoms with Gasteiger partial charge in [-0.05, 0) is 18.2 Å². The van der Waals surface area contributed by atoms with E-state index >= 15 is 0 Å². The average Bonchev–Trinajstić information content (AvgIpc) is 2.92. The van der Waals surface area contributed by atoms with Crippen molar-refractivity contribution in [2.24, 2.45) is 0 Å². The zero-order valence-electron chi connectivity index (χ0n) is 10.7. The van der Waals surface area contributed by atoms with Gasteiger partial charge in [-0.2, -0.15) is 5.26 Å². The molecule has 7 heteroatoms. The van der Waals surface area contributed by atoms with E-state index < -0.39 is 0 Å². The largest absolute Gasteiger partial charge is 0.378 e. The maximum atomic E-state index is 9.21. The molecule has 20 heavy (non-hydrogen) atoms. The van der Waals surface area contributed by atoms with Crippen LogP contribution < -0.4 is 4.90 Å². The minimum Gasteiger partial charge on any atom is -0.378 e. The fourth-order valence-electron chi connectivity index (χ4n) is 2.08. The van der Waals surface area contributed by atoms with E-state index in [1.54, 1.807) is 12.1 Å². The van der Waals surface area contributed by atoms with Gasteiger partial charge in [0.2, 0.25) is 5.69 Å². The molecule has 0 amide bonds. The minimum absolute atomic E-state index is 0.312. The Labute approximate surface area is 121 Å². The number of hydrogen-bond acceptors (Lipinski definition) is 5. The smallest absolute Gasteiger partial charge is 0.207 e. The summed E-state index contributed by atoms with van der Waals surface area (Å²) in [6, 6.07) is 9.29. The lowest BCUT2D eigenvalue weighted by atomic mass is 10.3. The van der Waals surface area contributed by atoms with Gasteiger partial charge in [-0.1, -0.05) is 17.7 Å². The van der Waals surface area contributed by atoms with Crippen molar-refractivity contribution in [2.45, 2.75) is 0 Å². The summed E-state index contributed by atoms with van der Waals surface area (Å²) in [5.41, 5.74) is 1.04. The van der Waals surface area contributed by atoms with Crippen LogP contribution in [0, 0.1) is 11.3 Å². The molecule has 0 unspecified atom stereocenters. The number of nitrogens with zero attached hydrogens (tertiary/aromatic N) is 5. The molecule has 1 saturated heterocycles. The van der Waals surface area contributed by atoms with Crippen molar-refractivity contribution < 1.29 is 4.74 Å². The Bertz CT molecular complexity index is 657. The van der Waals surface area contributed by atoms with E-state index in [1.165, 1.54) is 4.80 Å². The van der Waals surface area contributed by atoms with Gasteiger partial charge < -0.3 is 9.64 Å². The number of anilines is 1. The highest BCUT2D eigenvalue weighted by Crippen LogP contribution is 2.20. The topological polar surface area (TPSA) is 67.0 Å². The Hall–Kier alpha value is -2.10. The lowest BCUT2D eigenvalue weighted by Crippen LogP contribution is -2.37. The summed E-state index contributed by atoms with van der Waals surface area (Å²) in [7, 11) is 0. The van der Waals surface area contributed by atoms with Crippen molar-refractivity contribution in [3.05, 3.63) is 35.0 Å². The molecular weight excluding hydrogens is 278 g/mol. The third-order valence-corrected chi connectivity index (χ3v) is 3.29. The van der Waals surface area contributed by atoms with E-state index in [0.29, 0.717) is 42.8 Å². The number of halogens is 1. The Balaban J connectivity index is 1.98. The Morgan fingerprint density at radius 2 is 2.05 bits per heavy atom. The molecule has 1 aliphatic rings. The molecule has 0 spiro atoms. The second-order valence-corrected chi connectivity index (χ2v) is 4.79. The molecule has 1 aliphatic heterocycles. The van der Waals surface area contributed by atoms with Gasteiger partial charge in [-0.25, -0.2) is 0 Å². The van der Waals surface area contributed by atoms with Crippen molar-refractivity contribution in [3.8, 4) is 11.8 Å². The van der Waals surface area contributed by atoms with Gasteiger partial charge >= 0.3 is 0 Å². The van der Waals surface area contributed by atoms with Gasteiger partial charge in [0, 0.05) is 18.1 Å². The summed E-state index contributed by atoms with van der Waals surface area (Å²) in [4.78, 5) is 3.45. The van der Waals surface area contributed by atoms with Gasteiger partial charge in [0.15, 0.2) is 5.82 Å². The standard InChI is InChI=1S/C13H12ClN5O/c14-10-2-1-3-11(8-10)19-16-12(9-15)13(17-19)18-4-6-20-7-5-18/h1-3,8H,4-7H2. The number of morpholine rings is 1. The monoisotopic (exact) mass is 289 g/mol. The van der Waals surface area contributed by atoms with Crippen LogP contribution in [0.1, 0.15) is 5.69 Å². The summed E-state index contributed by atoms with van der Waals surface area (Å²) in [6.07, 6.45) is 0. The highest BCUT2D eigenvalue weighted by atomic mass is 35.5. The summed E-state index contributed by atoms with van der Waals surface area (Å²) in [5, 5.41) is 18.4. The first kappa shape index (κ1) is 12.9. The molecule has 3 rings (SSSR count). The van der Waals surface area contributed by atoms with Crippen LogP contribution in [0.4, 0.5) is 5.82 Å². The summed E-state index contributed by atoms with van der Waals surface area (Å²) >= 11 is 5.96. The van der Waals surface area contributed by atoms with E-state index in [0.717, 1.165) is 5.69 Å². The van der Waals surface area contributed by atoms with Gasteiger partial charge in [0.05, 0.1) is 18.9 Å². The first-order chi connectivity index (χ1) is 9.78. The molecule has 6 nitrogen and oxygen atoms in total. The number of hydrogen-bond donors (Lipinski definition) is 0. The van der Waals surface area contributed by atoms with E-state index in [2.05, 4.69) is 16.3 Å². The summed E-state index contributed by atoms with van der Waals surface area (Å²) in [6.45, 7) is 2.69. The van der Waals surface area contributed by atoms with Crippen LogP contribution in [0.5, 0.6) is 0 Å². The van der Waals surface area contributed by atoms with Crippen LogP contribution in [-0.2, 0) is 4.74 Å². The number of nitriles is 1. The zero-order chi connectivity index (χ0) is 13.9. The van der Waals surface area contributed by atoms with E-state index in [4.69, 9.17) is 16.3 Å². The van der Waals surface area contributed by atoms with Gasteiger partial charge in [-0.15, -0.1) is 15.0 Å². The second kappa shape index (κ2) is 5.49. The zero-order valence-corrected chi connectivity index (χ0v) is 11.4. The lowest BCUT2D eigenvalue weighted by molar-refractivity contribution is 0.122. The number of rotatable bonds is 2. The molecule has 0 bridgehead atoms. The van der Waals surface area contributed by atoms with Crippen molar-refractivity contribution in [1.29, 1.82) is 5.26 Å². The quantitative estimate of drug-likeness (QED) is 0.840. The number of ether oxygens (including phenoxy) is 1. The van der Waals surface area contributed by atoms with Crippen LogP contribution in [0.15, 0.2) is 24.3 Å². The molecule has 102 valence electrons. The average molecular weight is 290 g/mol. The van der Waals surface area contributed by atoms with Crippen LogP contribution in [0.3, 0.4) is 0 Å². The van der Waals surface area contributed by atoms with Crippen LogP contribution >= 0.6 is 11.6 Å². The van der Waals surface area contributed by atoms with Crippen molar-refractivity contribution in [1.82, 2.24) is 15.0 Å². The molecule has 1 fully saturated rings. The van der Waals surface area contributed by atoms with Crippen molar-refractivity contribution in [3.63, 3.8) is 0 Å². The molecular formula is C13H12ClN5O. The molecule has 0 radical (unpaired) electrons. The molecule has 0 N–H and O–H groups in total. The fraction of sp³-hybridized carbons (Fsp3) is 0.308. The van der Waals surface area contributed by atoms with E-state index in [9.17, 15) is 5.26 Å². The van der Waals surface area contributed by atoms with Gasteiger partial charge in [-0.3, -0.25) is 0 Å². The first-order valence-electron chi connectivity index (χ1n) is 6.24. The minimum atomic E-state index is 0.312. The van der Waals surface area contributed by atoms with Crippen molar-refractivity contribution >= 4 is 17.4 Å². The molecule has 0 saturated carbocycles. The SMILES string of the molecule is N#Cc1nn(-c2cccc(Cl)c2)nc1N1CCOCC1. The molecule has 1 aromatic heterocycles. The third-order valence-electron chi connectivity index (χ3n) is 3.05. The molecule has 0 aliphatic carbocycles. The maximum Gasteiger partial charge on any atom is 0.207 e. The van der Waals surface area contributed by atoms with E-state index in [-0.39, 0.29) is 0 Å².